The number of esters is 1. The molecular weight excluding hydrogens is 444 g/mol. The quantitative estimate of drug-likeness (QED) is 0.282. The van der Waals surface area contributed by atoms with E-state index in [0.717, 1.165) is 47.7 Å². The molecule has 1 N–H and O–H groups in total. The summed E-state index contributed by atoms with van der Waals surface area (Å²) >= 11 is 0. The van der Waals surface area contributed by atoms with Gasteiger partial charge in [-0.2, -0.15) is 0 Å². The van der Waals surface area contributed by atoms with Crippen molar-refractivity contribution in [2.24, 2.45) is 22.7 Å². The number of hydrogen-bond donors (Lipinski definition) is 1. The number of carbonyl (C=O) groups excluding carboxylic acids is 2. The Labute approximate surface area is 207 Å². The zero-order valence-corrected chi connectivity index (χ0v) is 23.6. The molecule has 2 fully saturated rings. The van der Waals surface area contributed by atoms with Gasteiger partial charge in [-0.25, -0.2) is 0 Å². The van der Waals surface area contributed by atoms with Crippen LogP contribution in [0.25, 0.3) is 0 Å². The molecule has 3 aliphatic rings. The molecule has 5 nitrogen and oxygen atoms in total. The Balaban J connectivity index is 2.27. The van der Waals surface area contributed by atoms with Gasteiger partial charge in [-0.15, -0.1) is 0 Å². The molecule has 0 unspecified atom stereocenters. The number of ketones is 1. The molecule has 0 amide bonds. The van der Waals surface area contributed by atoms with E-state index < -0.39 is 20.5 Å². The number of fused-ring (bicyclic) bond motifs is 3. The zero-order valence-electron chi connectivity index (χ0n) is 22.6. The van der Waals surface area contributed by atoms with Gasteiger partial charge < -0.3 is 14.3 Å². The predicted molar refractivity (Wildman–Crippen MR) is 138 cm³/mol. The summed E-state index contributed by atoms with van der Waals surface area (Å²) in [4.78, 5) is 25.7. The first-order valence-corrected chi connectivity index (χ1v) is 15.8. The minimum atomic E-state index is -1.98. The van der Waals surface area contributed by atoms with Crippen molar-refractivity contribution in [2.75, 3.05) is 0 Å². The number of aliphatic hydroxyl groups is 1. The third-order valence-corrected chi connectivity index (χ3v) is 14.4. The average Bonchev–Trinajstić information content (AvgIpc) is 2.76. The van der Waals surface area contributed by atoms with E-state index in [1.807, 2.05) is 6.92 Å². The Bertz CT molecular complexity index is 862. The molecule has 3 rings (SSSR count). The summed E-state index contributed by atoms with van der Waals surface area (Å²) in [6.45, 7) is 21.1. The third kappa shape index (κ3) is 4.50. The van der Waals surface area contributed by atoms with Gasteiger partial charge in [0.15, 0.2) is 14.1 Å². The second-order valence-electron chi connectivity index (χ2n) is 11.9. The molecule has 2 saturated carbocycles. The Morgan fingerprint density at radius 3 is 2.29 bits per heavy atom. The van der Waals surface area contributed by atoms with Gasteiger partial charge in [0.25, 0.3) is 0 Å². The summed E-state index contributed by atoms with van der Waals surface area (Å²) in [5.74, 6) is -0.642. The normalized spacial score (nSPS) is 36.0. The summed E-state index contributed by atoms with van der Waals surface area (Å²) in [5.41, 5.74) is 2.03. The highest BCUT2D eigenvalue weighted by molar-refractivity contribution is 6.73. The second kappa shape index (κ2) is 9.66. The van der Waals surface area contributed by atoms with Gasteiger partial charge >= 0.3 is 5.97 Å². The maximum absolute atomic E-state index is 13.4. The fourth-order valence-electron chi connectivity index (χ4n) is 7.43. The van der Waals surface area contributed by atoms with Crippen LogP contribution in [0.2, 0.25) is 18.1 Å². The molecule has 0 heterocycles. The Morgan fingerprint density at radius 2 is 1.76 bits per heavy atom. The molecule has 3 aliphatic carbocycles. The van der Waals surface area contributed by atoms with Gasteiger partial charge in [0.05, 0.1) is 12.2 Å². The number of carbonyl (C=O) groups is 2. The summed E-state index contributed by atoms with van der Waals surface area (Å²) in [6, 6.07) is 3.13. The van der Waals surface area contributed by atoms with Crippen LogP contribution < -0.4 is 0 Å². The SMILES string of the molecule is C=C1[C@@H](O)CC[C@@]2(C)C[C@H](O[Si](CC)(CC)CC)C3=C(C)C(=O)C[C@@H]([C@@H](OC(C)=O)[C@H]12)C3(C)C. The standard InChI is InChI=1S/C28H46O5Si/c1-10-34(11-2,12-3)33-23-16-28(9)14-13-21(30)17(4)25(28)26(32-19(6)29)20-15-22(31)18(5)24(23)27(20,7)8/h20-21,23,25-26,30H,4,10-16H2,1-3,5-9H3/t20-,21-,23-,25-,26+,28-/m0/s1. The van der Waals surface area contributed by atoms with Gasteiger partial charge in [-0.1, -0.05) is 48.1 Å². The van der Waals surface area contributed by atoms with Gasteiger partial charge in [0, 0.05) is 25.2 Å². The number of rotatable bonds is 6. The number of aliphatic hydroxyl groups excluding tert-OH is 1. The minimum absolute atomic E-state index is 0.118. The highest BCUT2D eigenvalue weighted by atomic mass is 28.4. The van der Waals surface area contributed by atoms with Gasteiger partial charge in [0.2, 0.25) is 0 Å². The molecule has 0 radical (unpaired) electrons. The van der Waals surface area contributed by atoms with Crippen molar-refractivity contribution in [3.05, 3.63) is 23.3 Å². The fourth-order valence-corrected chi connectivity index (χ4v) is 10.2. The first-order chi connectivity index (χ1) is 15.8. The molecule has 6 heteroatoms. The number of hydrogen-bond acceptors (Lipinski definition) is 5. The van der Waals surface area contributed by atoms with Crippen LogP contribution in [0, 0.1) is 22.7 Å². The average molecular weight is 491 g/mol. The predicted octanol–water partition coefficient (Wildman–Crippen LogP) is 5.98. The van der Waals surface area contributed by atoms with Crippen molar-refractivity contribution in [2.45, 2.75) is 118 Å². The Kier molecular flexibility index (Phi) is 7.77. The maximum Gasteiger partial charge on any atom is 0.302 e. The smallest absolute Gasteiger partial charge is 0.302 e. The molecule has 2 bridgehead atoms. The Morgan fingerprint density at radius 1 is 1.18 bits per heavy atom. The maximum atomic E-state index is 13.4. The van der Waals surface area contributed by atoms with E-state index in [2.05, 4.69) is 48.1 Å². The lowest BCUT2D eigenvalue weighted by Gasteiger charge is -2.58. The molecule has 0 saturated heterocycles. The largest absolute Gasteiger partial charge is 0.462 e. The molecule has 192 valence electrons. The third-order valence-electron chi connectivity index (χ3n) is 9.74. The van der Waals surface area contributed by atoms with E-state index in [1.54, 1.807) is 0 Å². The highest BCUT2D eigenvalue weighted by Gasteiger charge is 2.59. The Hall–Kier alpha value is -1.24. The second-order valence-corrected chi connectivity index (χ2v) is 16.6. The van der Waals surface area contributed by atoms with Crippen molar-refractivity contribution < 1.29 is 23.9 Å². The molecule has 0 aromatic carbocycles. The van der Waals surface area contributed by atoms with E-state index >= 15 is 0 Å². The van der Waals surface area contributed by atoms with Crippen molar-refractivity contribution in [1.29, 1.82) is 0 Å². The lowest BCUT2D eigenvalue weighted by atomic mass is 9.50. The van der Waals surface area contributed by atoms with Crippen molar-refractivity contribution >= 4 is 20.1 Å². The van der Waals surface area contributed by atoms with Crippen molar-refractivity contribution in [3.8, 4) is 0 Å². The van der Waals surface area contributed by atoms with Gasteiger partial charge in [0.1, 0.15) is 6.10 Å². The van der Waals surface area contributed by atoms with Crippen LogP contribution in [-0.2, 0) is 18.8 Å². The highest BCUT2D eigenvalue weighted by Crippen LogP contribution is 2.60. The summed E-state index contributed by atoms with van der Waals surface area (Å²) in [5, 5.41) is 10.8. The van der Waals surface area contributed by atoms with Crippen LogP contribution >= 0.6 is 0 Å². The van der Waals surface area contributed by atoms with Crippen LogP contribution in [0.15, 0.2) is 23.3 Å². The fraction of sp³-hybridized carbons (Fsp3) is 0.786. The van der Waals surface area contributed by atoms with E-state index in [4.69, 9.17) is 9.16 Å². The van der Waals surface area contributed by atoms with E-state index in [1.165, 1.54) is 6.92 Å². The molecular formula is C28H46O5Si. The topological polar surface area (TPSA) is 72.8 Å². The van der Waals surface area contributed by atoms with E-state index in [0.29, 0.717) is 12.8 Å². The first-order valence-electron chi connectivity index (χ1n) is 13.2. The van der Waals surface area contributed by atoms with Crippen LogP contribution in [0.1, 0.15) is 81.1 Å². The van der Waals surface area contributed by atoms with E-state index in [-0.39, 0.29) is 40.5 Å². The summed E-state index contributed by atoms with van der Waals surface area (Å²) in [6.07, 6.45) is 1.26. The lowest BCUT2D eigenvalue weighted by Crippen LogP contribution is -2.58. The van der Waals surface area contributed by atoms with Crippen LogP contribution in [-0.4, -0.2) is 43.5 Å². The van der Waals surface area contributed by atoms with Crippen LogP contribution in [0.5, 0.6) is 0 Å². The number of allylic oxidation sites excluding steroid dienone is 1. The molecule has 6 atom stereocenters. The summed E-state index contributed by atoms with van der Waals surface area (Å²) in [7, 11) is -1.98. The first kappa shape index (κ1) is 27.3. The van der Waals surface area contributed by atoms with Crippen LogP contribution in [0.4, 0.5) is 0 Å². The van der Waals surface area contributed by atoms with Gasteiger partial charge in [-0.3, -0.25) is 9.59 Å². The molecule has 0 spiro atoms. The van der Waals surface area contributed by atoms with Crippen LogP contribution in [0.3, 0.4) is 0 Å². The lowest BCUT2D eigenvalue weighted by molar-refractivity contribution is -0.166. The van der Waals surface area contributed by atoms with Crippen molar-refractivity contribution in [3.63, 3.8) is 0 Å². The molecule has 0 aromatic rings. The number of Topliss-reactive ketones (excluding diaryl/α,β-unsaturated/α-hetero) is 1. The molecule has 34 heavy (non-hydrogen) atoms. The van der Waals surface area contributed by atoms with Crippen molar-refractivity contribution in [1.82, 2.24) is 0 Å². The molecule has 0 aromatic heterocycles. The van der Waals surface area contributed by atoms with Gasteiger partial charge in [-0.05, 0) is 71.9 Å². The minimum Gasteiger partial charge on any atom is -0.462 e. The molecule has 0 aliphatic heterocycles. The monoisotopic (exact) mass is 490 g/mol. The summed E-state index contributed by atoms with van der Waals surface area (Å²) < 4.78 is 13.3. The number of ether oxygens (including phenoxy) is 1. The zero-order chi connectivity index (χ0) is 25.6. The van der Waals surface area contributed by atoms with E-state index in [9.17, 15) is 14.7 Å².